The van der Waals surface area contributed by atoms with Crippen molar-refractivity contribution in [3.8, 4) is 11.5 Å². The molecular weight excluding hydrogens is 498 g/mol. The maximum atomic E-state index is 13.8. The van der Waals surface area contributed by atoms with Gasteiger partial charge in [0.2, 0.25) is 0 Å². The van der Waals surface area contributed by atoms with Gasteiger partial charge < -0.3 is 20.5 Å². The molecule has 0 amide bonds. The van der Waals surface area contributed by atoms with E-state index in [-0.39, 0.29) is 13.0 Å². The molecule has 0 aliphatic heterocycles. The molecule has 4 aromatic rings. The standard InChI is InChI=1S/C32H32F2N2O3/c1-2-22-8-6-9-23(14-22)20-36-21-31(30(35)17-24-15-26(33)19-27(34)16-24)39-32(37)25-10-7-13-29(18-25)38-28-11-4-3-5-12-28/h3-16,18-19,30-31,36H,2,17,20-21,35H2,1H3. The van der Waals surface area contributed by atoms with E-state index < -0.39 is 29.7 Å². The lowest BCUT2D eigenvalue weighted by molar-refractivity contribution is 0.0238. The molecule has 2 atom stereocenters. The van der Waals surface area contributed by atoms with Gasteiger partial charge in [-0.15, -0.1) is 0 Å². The molecule has 0 bridgehead atoms. The summed E-state index contributed by atoms with van der Waals surface area (Å²) in [7, 11) is 0. The van der Waals surface area contributed by atoms with Crippen LogP contribution in [0.15, 0.2) is 97.1 Å². The summed E-state index contributed by atoms with van der Waals surface area (Å²) in [6.07, 6.45) is 0.282. The monoisotopic (exact) mass is 530 g/mol. The van der Waals surface area contributed by atoms with Crippen molar-refractivity contribution in [2.24, 2.45) is 5.73 Å². The number of aryl methyl sites for hydroxylation is 1. The van der Waals surface area contributed by atoms with Gasteiger partial charge in [0.1, 0.15) is 29.2 Å². The predicted molar refractivity (Wildman–Crippen MR) is 148 cm³/mol. The fraction of sp³-hybridized carbons (Fsp3) is 0.219. The summed E-state index contributed by atoms with van der Waals surface area (Å²) in [4.78, 5) is 13.2. The van der Waals surface area contributed by atoms with Crippen molar-refractivity contribution in [2.75, 3.05) is 6.54 Å². The molecule has 2 unspecified atom stereocenters. The van der Waals surface area contributed by atoms with Crippen molar-refractivity contribution in [3.63, 3.8) is 0 Å². The first-order valence-electron chi connectivity index (χ1n) is 12.9. The number of carbonyl (C=O) groups is 1. The highest BCUT2D eigenvalue weighted by molar-refractivity contribution is 5.90. The number of esters is 1. The van der Waals surface area contributed by atoms with Gasteiger partial charge >= 0.3 is 5.97 Å². The fourth-order valence-electron chi connectivity index (χ4n) is 4.25. The van der Waals surface area contributed by atoms with Gasteiger partial charge in [0, 0.05) is 25.2 Å². The summed E-state index contributed by atoms with van der Waals surface area (Å²) in [6, 6.07) is 26.7. The molecule has 0 saturated heterocycles. The third-order valence-electron chi connectivity index (χ3n) is 6.25. The van der Waals surface area contributed by atoms with Crippen molar-refractivity contribution in [3.05, 3.63) is 131 Å². The molecule has 4 rings (SSSR count). The van der Waals surface area contributed by atoms with E-state index >= 15 is 0 Å². The van der Waals surface area contributed by atoms with Gasteiger partial charge in [0.05, 0.1) is 5.56 Å². The van der Waals surface area contributed by atoms with Gasteiger partial charge in [-0.2, -0.15) is 0 Å². The van der Waals surface area contributed by atoms with E-state index in [0.29, 0.717) is 29.2 Å². The molecule has 5 nitrogen and oxygen atoms in total. The van der Waals surface area contributed by atoms with Crippen molar-refractivity contribution in [1.82, 2.24) is 5.32 Å². The van der Waals surface area contributed by atoms with Crippen LogP contribution in [0, 0.1) is 11.6 Å². The van der Waals surface area contributed by atoms with E-state index in [1.165, 1.54) is 17.7 Å². The number of rotatable bonds is 12. The van der Waals surface area contributed by atoms with Gasteiger partial charge in [0.25, 0.3) is 0 Å². The molecule has 7 heteroatoms. The number of carbonyl (C=O) groups excluding carboxylic acids is 1. The Hall–Kier alpha value is -4.07. The van der Waals surface area contributed by atoms with Crippen LogP contribution in [0.2, 0.25) is 0 Å². The molecule has 0 fully saturated rings. The first-order chi connectivity index (χ1) is 18.9. The largest absolute Gasteiger partial charge is 0.457 e. The third-order valence-corrected chi connectivity index (χ3v) is 6.25. The van der Waals surface area contributed by atoms with Crippen LogP contribution in [0.3, 0.4) is 0 Å². The van der Waals surface area contributed by atoms with Gasteiger partial charge in [0.15, 0.2) is 0 Å². The summed E-state index contributed by atoms with van der Waals surface area (Å²) in [5.74, 6) is -0.818. The number of halogens is 2. The summed E-state index contributed by atoms with van der Waals surface area (Å²) in [6.45, 7) is 2.89. The van der Waals surface area contributed by atoms with E-state index in [0.717, 1.165) is 18.1 Å². The summed E-state index contributed by atoms with van der Waals surface area (Å²) in [5.41, 5.74) is 9.44. The second-order valence-electron chi connectivity index (χ2n) is 9.34. The zero-order valence-corrected chi connectivity index (χ0v) is 21.8. The maximum absolute atomic E-state index is 13.8. The van der Waals surface area contributed by atoms with Crippen LogP contribution in [0.5, 0.6) is 11.5 Å². The first-order valence-corrected chi connectivity index (χ1v) is 12.9. The minimum Gasteiger partial charge on any atom is -0.457 e. The topological polar surface area (TPSA) is 73.6 Å². The normalized spacial score (nSPS) is 12.5. The van der Waals surface area contributed by atoms with Crippen LogP contribution in [-0.4, -0.2) is 24.7 Å². The van der Waals surface area contributed by atoms with Crippen molar-refractivity contribution < 1.29 is 23.0 Å². The number of hydrogen-bond acceptors (Lipinski definition) is 5. The molecule has 4 aromatic carbocycles. The Morgan fingerprint density at radius 3 is 2.26 bits per heavy atom. The number of hydrogen-bond donors (Lipinski definition) is 2. The fourth-order valence-corrected chi connectivity index (χ4v) is 4.25. The molecule has 0 spiro atoms. The van der Waals surface area contributed by atoms with E-state index in [1.807, 2.05) is 42.5 Å². The highest BCUT2D eigenvalue weighted by Gasteiger charge is 2.24. The molecular formula is C32H32F2N2O3. The third kappa shape index (κ3) is 8.46. The average molecular weight is 531 g/mol. The van der Waals surface area contributed by atoms with Crippen molar-refractivity contribution in [1.29, 1.82) is 0 Å². The molecule has 0 radical (unpaired) electrons. The van der Waals surface area contributed by atoms with E-state index in [2.05, 4.69) is 24.4 Å². The SMILES string of the molecule is CCc1cccc(CNCC(OC(=O)c2cccc(Oc3ccccc3)c2)C(N)Cc2cc(F)cc(F)c2)c1. The minimum absolute atomic E-state index is 0.122. The highest BCUT2D eigenvalue weighted by Crippen LogP contribution is 2.23. The molecule has 3 N–H and O–H groups in total. The van der Waals surface area contributed by atoms with Crippen molar-refractivity contribution in [2.45, 2.75) is 38.5 Å². The average Bonchev–Trinajstić information content (AvgIpc) is 2.92. The Morgan fingerprint density at radius 1 is 0.821 bits per heavy atom. The quantitative estimate of drug-likeness (QED) is 0.213. The minimum atomic E-state index is -0.767. The number of para-hydroxylation sites is 1. The van der Waals surface area contributed by atoms with E-state index in [9.17, 15) is 13.6 Å². The number of nitrogens with two attached hydrogens (primary N) is 1. The number of nitrogens with one attached hydrogen (secondary N) is 1. The summed E-state index contributed by atoms with van der Waals surface area (Å²) in [5, 5.41) is 3.31. The number of ether oxygens (including phenoxy) is 2. The highest BCUT2D eigenvalue weighted by atomic mass is 19.1. The van der Waals surface area contributed by atoms with Crippen LogP contribution in [-0.2, 0) is 24.1 Å². The molecule has 0 heterocycles. The Kier molecular flexibility index (Phi) is 9.78. The van der Waals surface area contributed by atoms with Gasteiger partial charge in [-0.1, -0.05) is 55.5 Å². The smallest absolute Gasteiger partial charge is 0.338 e. The summed E-state index contributed by atoms with van der Waals surface area (Å²) < 4.78 is 39.2. The molecule has 0 saturated carbocycles. The first kappa shape index (κ1) is 28.0. The molecule has 39 heavy (non-hydrogen) atoms. The van der Waals surface area contributed by atoms with Gasteiger partial charge in [-0.3, -0.25) is 0 Å². The van der Waals surface area contributed by atoms with Gasteiger partial charge in [-0.25, -0.2) is 13.6 Å². The second kappa shape index (κ2) is 13.6. The zero-order valence-electron chi connectivity index (χ0n) is 21.8. The molecule has 202 valence electrons. The molecule has 0 aromatic heterocycles. The lowest BCUT2D eigenvalue weighted by atomic mass is 10.0. The van der Waals surface area contributed by atoms with Crippen LogP contribution in [0.4, 0.5) is 8.78 Å². The Balaban J connectivity index is 1.47. The second-order valence-corrected chi connectivity index (χ2v) is 9.34. The van der Waals surface area contributed by atoms with E-state index in [4.69, 9.17) is 15.2 Å². The summed E-state index contributed by atoms with van der Waals surface area (Å²) >= 11 is 0. The zero-order chi connectivity index (χ0) is 27.6. The lowest BCUT2D eigenvalue weighted by Crippen LogP contribution is -2.46. The Labute approximate surface area is 227 Å². The molecule has 0 aliphatic carbocycles. The van der Waals surface area contributed by atoms with Crippen molar-refractivity contribution >= 4 is 5.97 Å². The van der Waals surface area contributed by atoms with Crippen LogP contribution >= 0.6 is 0 Å². The predicted octanol–water partition coefficient (Wildman–Crippen LogP) is 6.20. The van der Waals surface area contributed by atoms with Crippen LogP contribution in [0.1, 0.15) is 34.0 Å². The Morgan fingerprint density at radius 2 is 1.51 bits per heavy atom. The molecule has 0 aliphatic rings. The lowest BCUT2D eigenvalue weighted by Gasteiger charge is -2.25. The van der Waals surface area contributed by atoms with Crippen LogP contribution < -0.4 is 15.8 Å². The van der Waals surface area contributed by atoms with Gasteiger partial charge in [-0.05, 0) is 72.0 Å². The van der Waals surface area contributed by atoms with Crippen LogP contribution in [0.25, 0.3) is 0 Å². The maximum Gasteiger partial charge on any atom is 0.338 e. The Bertz CT molecular complexity index is 1360. The van der Waals surface area contributed by atoms with E-state index in [1.54, 1.807) is 24.3 Å². The number of benzene rings is 4.